The molecule has 0 spiro atoms. The van der Waals surface area contributed by atoms with Gasteiger partial charge in [0, 0.05) is 11.8 Å². The van der Waals surface area contributed by atoms with Crippen LogP contribution in [0.3, 0.4) is 0 Å². The first-order chi connectivity index (χ1) is 8.52. The number of aliphatic hydroxyl groups excluding tert-OH is 3. The summed E-state index contributed by atoms with van der Waals surface area (Å²) in [5, 5.41) is 28.5. The summed E-state index contributed by atoms with van der Waals surface area (Å²) < 4.78 is 10.5. The molecule has 1 aromatic carbocycles. The Hall–Kier alpha value is -1.05. The number of rotatable bonds is 3. The maximum atomic E-state index is 9.70. The summed E-state index contributed by atoms with van der Waals surface area (Å²) in [5.74, 6) is 0.242. The molecule has 1 aromatic rings. The van der Waals surface area contributed by atoms with Crippen LogP contribution in [0.15, 0.2) is 18.2 Å². The second-order valence-electron chi connectivity index (χ2n) is 4.01. The molecule has 1 fully saturated rings. The van der Waals surface area contributed by atoms with Gasteiger partial charge in [-0.1, -0.05) is 11.6 Å². The van der Waals surface area contributed by atoms with Crippen LogP contribution in [0.25, 0.3) is 0 Å². The normalized spacial score (nSPS) is 31.6. The Morgan fingerprint density at radius 2 is 2.06 bits per heavy atom. The molecule has 1 heterocycles. The van der Waals surface area contributed by atoms with Crippen molar-refractivity contribution in [3.05, 3.63) is 23.2 Å². The number of anilines is 1. The molecule has 6 nitrogen and oxygen atoms in total. The van der Waals surface area contributed by atoms with E-state index in [2.05, 4.69) is 0 Å². The molecular weight excluding hydrogens is 262 g/mol. The number of ether oxygens (including phenoxy) is 2. The van der Waals surface area contributed by atoms with Gasteiger partial charge in [-0.15, -0.1) is 0 Å². The Morgan fingerprint density at radius 1 is 1.33 bits per heavy atom. The first-order valence-electron chi connectivity index (χ1n) is 5.37. The van der Waals surface area contributed by atoms with Gasteiger partial charge in [0.25, 0.3) is 0 Å². The smallest absolute Gasteiger partial charge is 0.229 e. The van der Waals surface area contributed by atoms with E-state index in [4.69, 9.17) is 31.9 Å². The van der Waals surface area contributed by atoms with E-state index in [0.29, 0.717) is 10.7 Å². The number of hydrogen-bond donors (Lipinski definition) is 4. The average Bonchev–Trinajstić information content (AvgIpc) is 2.62. The van der Waals surface area contributed by atoms with Gasteiger partial charge in [0.1, 0.15) is 24.1 Å². The molecule has 0 aromatic heterocycles. The Morgan fingerprint density at radius 3 is 2.67 bits per heavy atom. The summed E-state index contributed by atoms with van der Waals surface area (Å²) in [6, 6.07) is 4.64. The highest BCUT2D eigenvalue weighted by molar-refractivity contribution is 6.32. The van der Waals surface area contributed by atoms with Crippen LogP contribution in [0, 0.1) is 0 Å². The van der Waals surface area contributed by atoms with Crippen molar-refractivity contribution in [3.8, 4) is 5.75 Å². The molecule has 1 aliphatic rings. The minimum Gasteiger partial charge on any atom is -0.460 e. The van der Waals surface area contributed by atoms with Gasteiger partial charge in [-0.2, -0.15) is 0 Å². The van der Waals surface area contributed by atoms with Crippen LogP contribution in [0.2, 0.25) is 5.02 Å². The summed E-state index contributed by atoms with van der Waals surface area (Å²) in [5.41, 5.74) is 6.03. The van der Waals surface area contributed by atoms with E-state index in [0.717, 1.165) is 0 Å². The molecular formula is C11H14ClNO5. The highest BCUT2D eigenvalue weighted by atomic mass is 35.5. The molecule has 4 atom stereocenters. The summed E-state index contributed by atoms with van der Waals surface area (Å²) in [6.07, 6.45) is -4.46. The number of benzene rings is 1. The lowest BCUT2D eigenvalue weighted by atomic mass is 10.1. The van der Waals surface area contributed by atoms with Crippen molar-refractivity contribution in [1.29, 1.82) is 0 Å². The van der Waals surface area contributed by atoms with Gasteiger partial charge in [-0.25, -0.2) is 0 Å². The van der Waals surface area contributed by atoms with Gasteiger partial charge >= 0.3 is 0 Å². The molecule has 100 valence electrons. The van der Waals surface area contributed by atoms with Crippen molar-refractivity contribution in [1.82, 2.24) is 0 Å². The highest BCUT2D eigenvalue weighted by Crippen LogP contribution is 2.31. The average molecular weight is 276 g/mol. The first-order valence-corrected chi connectivity index (χ1v) is 5.75. The molecule has 5 N–H and O–H groups in total. The van der Waals surface area contributed by atoms with Gasteiger partial charge in [0.15, 0.2) is 0 Å². The molecule has 0 bridgehead atoms. The maximum Gasteiger partial charge on any atom is 0.229 e. The van der Waals surface area contributed by atoms with E-state index in [1.165, 1.54) is 6.07 Å². The Labute approximate surface area is 109 Å². The minimum absolute atomic E-state index is 0.242. The second-order valence-corrected chi connectivity index (χ2v) is 4.42. The minimum atomic E-state index is -1.26. The van der Waals surface area contributed by atoms with Crippen LogP contribution >= 0.6 is 11.6 Å². The van der Waals surface area contributed by atoms with Crippen molar-refractivity contribution in [2.24, 2.45) is 0 Å². The van der Waals surface area contributed by atoms with Crippen molar-refractivity contribution >= 4 is 17.3 Å². The van der Waals surface area contributed by atoms with E-state index in [1.807, 2.05) is 0 Å². The Bertz CT molecular complexity index is 430. The third-order valence-electron chi connectivity index (χ3n) is 2.70. The number of nitrogen functional groups attached to an aromatic ring is 1. The van der Waals surface area contributed by atoms with Crippen LogP contribution in [0.4, 0.5) is 5.69 Å². The van der Waals surface area contributed by atoms with Gasteiger partial charge in [-0.05, 0) is 12.1 Å². The SMILES string of the molecule is Nc1ccc(Cl)c(OC2OC(CO)C(O)C2O)c1. The van der Waals surface area contributed by atoms with Crippen molar-refractivity contribution < 1.29 is 24.8 Å². The zero-order valence-electron chi connectivity index (χ0n) is 9.36. The van der Waals surface area contributed by atoms with Crippen molar-refractivity contribution in [2.75, 3.05) is 12.3 Å². The van der Waals surface area contributed by atoms with E-state index >= 15 is 0 Å². The lowest BCUT2D eigenvalue weighted by molar-refractivity contribution is -0.116. The zero-order valence-corrected chi connectivity index (χ0v) is 10.1. The quantitative estimate of drug-likeness (QED) is 0.567. The van der Waals surface area contributed by atoms with Crippen LogP contribution < -0.4 is 10.5 Å². The fourth-order valence-electron chi connectivity index (χ4n) is 1.70. The van der Waals surface area contributed by atoms with Crippen LogP contribution in [0.5, 0.6) is 5.75 Å². The summed E-state index contributed by atoms with van der Waals surface area (Å²) in [6.45, 7) is -0.414. The van der Waals surface area contributed by atoms with E-state index in [9.17, 15) is 10.2 Å². The topological polar surface area (TPSA) is 105 Å². The molecule has 0 radical (unpaired) electrons. The molecule has 0 saturated carbocycles. The van der Waals surface area contributed by atoms with Crippen LogP contribution in [-0.4, -0.2) is 46.5 Å². The van der Waals surface area contributed by atoms with Gasteiger partial charge in [-0.3, -0.25) is 0 Å². The Kier molecular flexibility index (Phi) is 3.94. The number of nitrogens with two attached hydrogens (primary N) is 1. The van der Waals surface area contributed by atoms with Gasteiger partial charge in [0.05, 0.1) is 11.6 Å². The molecule has 0 aliphatic carbocycles. The highest BCUT2D eigenvalue weighted by Gasteiger charge is 2.44. The number of halogens is 1. The van der Waals surface area contributed by atoms with E-state index < -0.39 is 31.2 Å². The van der Waals surface area contributed by atoms with E-state index in [-0.39, 0.29) is 5.75 Å². The molecule has 1 saturated heterocycles. The summed E-state index contributed by atoms with van der Waals surface area (Å²) >= 11 is 5.90. The Balaban J connectivity index is 2.12. The van der Waals surface area contributed by atoms with Crippen molar-refractivity contribution in [2.45, 2.75) is 24.6 Å². The lowest BCUT2D eigenvalue weighted by Gasteiger charge is -2.17. The van der Waals surface area contributed by atoms with E-state index in [1.54, 1.807) is 12.1 Å². The summed E-state index contributed by atoms with van der Waals surface area (Å²) in [7, 11) is 0. The molecule has 7 heteroatoms. The van der Waals surface area contributed by atoms with Crippen molar-refractivity contribution in [3.63, 3.8) is 0 Å². The molecule has 2 rings (SSSR count). The fourth-order valence-corrected chi connectivity index (χ4v) is 1.86. The number of aliphatic hydroxyl groups is 3. The predicted octanol–water partition coefficient (Wildman–Crippen LogP) is -0.260. The second kappa shape index (κ2) is 5.29. The third kappa shape index (κ3) is 2.52. The molecule has 0 amide bonds. The molecule has 1 aliphatic heterocycles. The monoisotopic (exact) mass is 275 g/mol. The zero-order chi connectivity index (χ0) is 13.3. The third-order valence-corrected chi connectivity index (χ3v) is 3.01. The van der Waals surface area contributed by atoms with Crippen LogP contribution in [0.1, 0.15) is 0 Å². The summed E-state index contributed by atoms with van der Waals surface area (Å²) in [4.78, 5) is 0. The first kappa shape index (κ1) is 13.4. The molecule has 4 unspecified atom stereocenters. The molecule has 18 heavy (non-hydrogen) atoms. The van der Waals surface area contributed by atoms with Gasteiger partial charge in [0.2, 0.25) is 6.29 Å². The fraction of sp³-hybridized carbons (Fsp3) is 0.455. The predicted molar refractivity (Wildman–Crippen MR) is 64.3 cm³/mol. The van der Waals surface area contributed by atoms with Gasteiger partial charge < -0.3 is 30.5 Å². The standard InChI is InChI=1S/C11H14ClNO5/c12-6-2-1-5(13)3-7(6)17-11-10(16)9(15)8(4-14)18-11/h1-3,8-11,14-16H,4,13H2. The number of hydrogen-bond acceptors (Lipinski definition) is 6. The largest absolute Gasteiger partial charge is 0.460 e. The van der Waals surface area contributed by atoms with Crippen LogP contribution in [-0.2, 0) is 4.74 Å². The lowest BCUT2D eigenvalue weighted by Crippen LogP contribution is -2.35. The maximum absolute atomic E-state index is 9.70.